The maximum absolute atomic E-state index is 4.61. The number of likely N-dealkylation sites (tertiary alicyclic amines) is 1. The number of imidazole rings is 1. The van der Waals surface area contributed by atoms with E-state index in [4.69, 9.17) is 0 Å². The highest BCUT2D eigenvalue weighted by atomic mass is 15.3. The molecule has 2 saturated heterocycles. The molecule has 1 saturated carbocycles. The van der Waals surface area contributed by atoms with E-state index in [9.17, 15) is 0 Å². The van der Waals surface area contributed by atoms with Gasteiger partial charge in [0, 0.05) is 55.9 Å². The Labute approximate surface area is 148 Å². The Morgan fingerprint density at radius 1 is 1.00 bits per heavy atom. The van der Waals surface area contributed by atoms with Gasteiger partial charge >= 0.3 is 0 Å². The summed E-state index contributed by atoms with van der Waals surface area (Å²) in [6, 6.07) is 0.721. The first-order chi connectivity index (χ1) is 12.2. The van der Waals surface area contributed by atoms with E-state index in [1.165, 1.54) is 37.3 Å². The highest BCUT2D eigenvalue weighted by molar-refractivity contribution is 5.48. The summed E-state index contributed by atoms with van der Waals surface area (Å²) < 4.78 is 2.40. The minimum absolute atomic E-state index is 0.721. The van der Waals surface area contributed by atoms with Gasteiger partial charge < -0.3 is 9.47 Å². The molecule has 0 bridgehead atoms. The van der Waals surface area contributed by atoms with Crippen molar-refractivity contribution in [2.75, 3.05) is 31.1 Å². The predicted molar refractivity (Wildman–Crippen MR) is 96.5 cm³/mol. The zero-order chi connectivity index (χ0) is 17.0. The normalized spacial score (nSPS) is 26.4. The molecule has 2 unspecified atom stereocenters. The second kappa shape index (κ2) is 5.80. The number of aromatic nitrogens is 4. The van der Waals surface area contributed by atoms with Gasteiger partial charge in [-0.05, 0) is 38.5 Å². The molecule has 5 rings (SSSR count). The molecule has 0 aromatic carbocycles. The molecule has 6 nitrogen and oxygen atoms in total. The standard InChI is InChI=1S/C19H26N6/c1-13-14(2)21-12-22-19(13)24-9-15-7-23(8-16(15)10-24)11-18-20-5-6-25(18)17-3-4-17/h5-6,12,15-17H,3-4,7-11H2,1-2H3. The maximum atomic E-state index is 4.61. The van der Waals surface area contributed by atoms with E-state index in [2.05, 4.69) is 49.4 Å². The molecular formula is C19H26N6. The first-order valence-electron chi connectivity index (χ1n) is 9.46. The molecule has 3 fully saturated rings. The van der Waals surface area contributed by atoms with Gasteiger partial charge in [-0.3, -0.25) is 4.90 Å². The largest absolute Gasteiger partial charge is 0.356 e. The molecule has 132 valence electrons. The number of aryl methyl sites for hydroxylation is 1. The molecule has 6 heteroatoms. The molecule has 3 aliphatic rings. The number of hydrogen-bond acceptors (Lipinski definition) is 5. The number of nitrogens with zero attached hydrogens (tertiary/aromatic N) is 6. The molecule has 2 aliphatic heterocycles. The van der Waals surface area contributed by atoms with Gasteiger partial charge in [0.2, 0.25) is 0 Å². The first kappa shape index (κ1) is 15.3. The van der Waals surface area contributed by atoms with Crippen LogP contribution in [-0.4, -0.2) is 50.6 Å². The van der Waals surface area contributed by atoms with Gasteiger partial charge in [-0.1, -0.05) is 0 Å². The van der Waals surface area contributed by atoms with Crippen LogP contribution in [0.15, 0.2) is 18.7 Å². The van der Waals surface area contributed by atoms with Crippen molar-refractivity contribution in [1.29, 1.82) is 0 Å². The van der Waals surface area contributed by atoms with E-state index < -0.39 is 0 Å². The molecule has 2 aromatic rings. The van der Waals surface area contributed by atoms with Crippen LogP contribution in [0, 0.1) is 25.7 Å². The van der Waals surface area contributed by atoms with Crippen LogP contribution in [-0.2, 0) is 6.54 Å². The molecule has 2 atom stereocenters. The zero-order valence-electron chi connectivity index (χ0n) is 15.1. The summed E-state index contributed by atoms with van der Waals surface area (Å²) in [5.41, 5.74) is 2.32. The minimum Gasteiger partial charge on any atom is -0.356 e. The Morgan fingerprint density at radius 3 is 2.48 bits per heavy atom. The smallest absolute Gasteiger partial charge is 0.135 e. The number of fused-ring (bicyclic) bond motifs is 1. The third-order valence-corrected chi connectivity index (χ3v) is 6.23. The van der Waals surface area contributed by atoms with Crippen molar-refractivity contribution in [3.63, 3.8) is 0 Å². The SMILES string of the molecule is Cc1ncnc(N2CC3CN(Cc4nccn4C4CC4)CC3C2)c1C. The van der Waals surface area contributed by atoms with Gasteiger partial charge in [-0.15, -0.1) is 0 Å². The third kappa shape index (κ3) is 2.72. The van der Waals surface area contributed by atoms with Crippen LogP contribution < -0.4 is 4.90 Å². The molecule has 0 spiro atoms. The average molecular weight is 338 g/mol. The van der Waals surface area contributed by atoms with Gasteiger partial charge in [0.25, 0.3) is 0 Å². The summed E-state index contributed by atoms with van der Waals surface area (Å²) in [4.78, 5) is 18.6. The Kier molecular flexibility index (Phi) is 3.55. The lowest BCUT2D eigenvalue weighted by Gasteiger charge is -2.23. The second-order valence-corrected chi connectivity index (χ2v) is 8.01. The summed E-state index contributed by atoms with van der Waals surface area (Å²) in [6.45, 7) is 9.82. The van der Waals surface area contributed by atoms with E-state index in [0.29, 0.717) is 0 Å². The average Bonchev–Trinajstić information content (AvgIpc) is 3.02. The van der Waals surface area contributed by atoms with Crippen LogP contribution in [0.1, 0.15) is 36.0 Å². The summed E-state index contributed by atoms with van der Waals surface area (Å²) in [5, 5.41) is 0. The second-order valence-electron chi connectivity index (χ2n) is 8.01. The molecule has 4 heterocycles. The lowest BCUT2D eigenvalue weighted by molar-refractivity contribution is 0.295. The Balaban J connectivity index is 1.24. The van der Waals surface area contributed by atoms with Crippen molar-refractivity contribution in [3.8, 4) is 0 Å². The fourth-order valence-electron chi connectivity index (χ4n) is 4.59. The lowest BCUT2D eigenvalue weighted by atomic mass is 10.0. The molecule has 0 N–H and O–H groups in total. The van der Waals surface area contributed by atoms with Crippen molar-refractivity contribution >= 4 is 5.82 Å². The van der Waals surface area contributed by atoms with Gasteiger partial charge in [0.1, 0.15) is 18.0 Å². The first-order valence-corrected chi connectivity index (χ1v) is 9.46. The molecule has 2 aromatic heterocycles. The number of anilines is 1. The maximum Gasteiger partial charge on any atom is 0.135 e. The minimum atomic E-state index is 0.721. The van der Waals surface area contributed by atoms with Crippen LogP contribution in [0.5, 0.6) is 0 Å². The molecule has 0 radical (unpaired) electrons. The molecule has 25 heavy (non-hydrogen) atoms. The Hall–Kier alpha value is -1.95. The van der Waals surface area contributed by atoms with Crippen LogP contribution in [0.3, 0.4) is 0 Å². The van der Waals surface area contributed by atoms with Gasteiger partial charge in [0.15, 0.2) is 0 Å². The summed E-state index contributed by atoms with van der Waals surface area (Å²) in [6.07, 6.45) is 8.47. The summed E-state index contributed by atoms with van der Waals surface area (Å²) >= 11 is 0. The van der Waals surface area contributed by atoms with Crippen molar-refractivity contribution in [1.82, 2.24) is 24.4 Å². The fraction of sp³-hybridized carbons (Fsp3) is 0.632. The van der Waals surface area contributed by atoms with E-state index in [1.54, 1.807) is 6.33 Å². The van der Waals surface area contributed by atoms with Crippen LogP contribution in [0.4, 0.5) is 5.82 Å². The predicted octanol–water partition coefficient (Wildman–Crippen LogP) is 2.19. The van der Waals surface area contributed by atoms with E-state index in [1.807, 2.05) is 6.20 Å². The van der Waals surface area contributed by atoms with E-state index >= 15 is 0 Å². The monoisotopic (exact) mass is 338 g/mol. The van der Waals surface area contributed by atoms with Crippen LogP contribution in [0.2, 0.25) is 0 Å². The van der Waals surface area contributed by atoms with Crippen molar-refractivity contribution < 1.29 is 0 Å². The topological polar surface area (TPSA) is 50.1 Å². The van der Waals surface area contributed by atoms with Crippen molar-refractivity contribution in [3.05, 3.63) is 35.8 Å². The zero-order valence-corrected chi connectivity index (χ0v) is 15.1. The quantitative estimate of drug-likeness (QED) is 0.855. The molecule has 1 aliphatic carbocycles. The Morgan fingerprint density at radius 2 is 1.76 bits per heavy atom. The van der Waals surface area contributed by atoms with Gasteiger partial charge in [0.05, 0.1) is 6.54 Å². The van der Waals surface area contributed by atoms with Crippen LogP contribution in [0.25, 0.3) is 0 Å². The van der Waals surface area contributed by atoms with E-state index in [-0.39, 0.29) is 0 Å². The van der Waals surface area contributed by atoms with E-state index in [0.717, 1.165) is 49.0 Å². The fourth-order valence-corrected chi connectivity index (χ4v) is 4.59. The van der Waals surface area contributed by atoms with Crippen LogP contribution >= 0.6 is 0 Å². The highest BCUT2D eigenvalue weighted by Gasteiger charge is 2.41. The Bertz CT molecular complexity index is 766. The van der Waals surface area contributed by atoms with Gasteiger partial charge in [-0.25, -0.2) is 15.0 Å². The summed E-state index contributed by atoms with van der Waals surface area (Å²) in [5.74, 6) is 3.89. The number of rotatable bonds is 4. The number of hydrogen-bond donors (Lipinski definition) is 0. The lowest BCUT2D eigenvalue weighted by Crippen LogP contribution is -2.30. The summed E-state index contributed by atoms with van der Waals surface area (Å²) in [7, 11) is 0. The molecule has 0 amide bonds. The molecular weight excluding hydrogens is 312 g/mol. The third-order valence-electron chi connectivity index (χ3n) is 6.23. The van der Waals surface area contributed by atoms with Crippen molar-refractivity contribution in [2.45, 2.75) is 39.3 Å². The van der Waals surface area contributed by atoms with Crippen molar-refractivity contribution in [2.24, 2.45) is 11.8 Å². The van der Waals surface area contributed by atoms with Gasteiger partial charge in [-0.2, -0.15) is 0 Å². The highest BCUT2D eigenvalue weighted by Crippen LogP contribution is 2.37.